The molecule has 0 aliphatic rings. The zero-order valence-corrected chi connectivity index (χ0v) is 6.17. The standard InChI is InChI=1S/C6H5.CH3O.Co/c1-2-4-6-5-3-1;1-2;/h1-5H;1H3;/q;-1;+1. The van der Waals surface area contributed by atoms with Crippen molar-refractivity contribution in [2.75, 3.05) is 7.11 Å². The van der Waals surface area contributed by atoms with Crippen LogP contribution in [0.5, 0.6) is 0 Å². The average Bonchev–Trinajstić information content (AvgIpc) is 1.91. The van der Waals surface area contributed by atoms with Crippen LogP contribution in [-0.2, 0) is 18.9 Å². The second kappa shape index (κ2) is 3.66. The van der Waals surface area contributed by atoms with Crippen LogP contribution < -0.4 is 4.50 Å². The van der Waals surface area contributed by atoms with E-state index in [4.69, 9.17) is 3.85 Å². The van der Waals surface area contributed by atoms with Crippen molar-refractivity contribution in [3.63, 3.8) is 0 Å². The van der Waals surface area contributed by atoms with E-state index < -0.39 is 0 Å². The molecule has 0 saturated heterocycles. The van der Waals surface area contributed by atoms with Crippen molar-refractivity contribution in [1.82, 2.24) is 0 Å². The van der Waals surface area contributed by atoms with Crippen molar-refractivity contribution in [2.45, 2.75) is 0 Å². The number of hydrogen-bond acceptors (Lipinski definition) is 1. The molecule has 51 valence electrons. The van der Waals surface area contributed by atoms with Crippen molar-refractivity contribution < 1.29 is 18.9 Å². The molecule has 1 aromatic carbocycles. The molecule has 0 aromatic heterocycles. The van der Waals surface area contributed by atoms with Crippen LogP contribution in [0.15, 0.2) is 30.3 Å². The molecular weight excluding hydrogens is 159 g/mol. The first-order chi connectivity index (χ1) is 4.43. The average molecular weight is 167 g/mol. The van der Waals surface area contributed by atoms with Crippen LogP contribution in [0.3, 0.4) is 0 Å². The molecule has 0 saturated carbocycles. The Morgan fingerprint density at radius 3 is 2.44 bits per heavy atom. The summed E-state index contributed by atoms with van der Waals surface area (Å²) in [4.78, 5) is 0. The van der Waals surface area contributed by atoms with Gasteiger partial charge in [0, 0.05) is 0 Å². The molecule has 1 nitrogen and oxygen atoms in total. The van der Waals surface area contributed by atoms with Crippen molar-refractivity contribution in [2.24, 2.45) is 0 Å². The Hall–Kier alpha value is -0.314. The predicted octanol–water partition coefficient (Wildman–Crippen LogP) is 0.956. The molecule has 0 N–H and O–H groups in total. The summed E-state index contributed by atoms with van der Waals surface area (Å²) in [5.41, 5.74) is 0. The molecule has 0 aliphatic heterocycles. The van der Waals surface area contributed by atoms with Crippen LogP contribution in [0.25, 0.3) is 0 Å². The summed E-state index contributed by atoms with van der Waals surface area (Å²) < 4.78 is 6.09. The van der Waals surface area contributed by atoms with Gasteiger partial charge >= 0.3 is 60.8 Å². The quantitative estimate of drug-likeness (QED) is 0.637. The number of hydrogen-bond donors (Lipinski definition) is 0. The van der Waals surface area contributed by atoms with Gasteiger partial charge in [-0.25, -0.2) is 0 Å². The molecule has 0 radical (unpaired) electrons. The SMILES string of the molecule is C[O][Co][c]1ccccc1. The van der Waals surface area contributed by atoms with Gasteiger partial charge in [-0.3, -0.25) is 0 Å². The van der Waals surface area contributed by atoms with Crippen LogP contribution in [0, 0.1) is 0 Å². The molecule has 0 aliphatic carbocycles. The Kier molecular flexibility index (Phi) is 2.77. The van der Waals surface area contributed by atoms with E-state index in [1.165, 1.54) is 4.50 Å². The molecule has 0 spiro atoms. The van der Waals surface area contributed by atoms with E-state index in [-0.39, 0.29) is 0 Å². The minimum absolute atomic E-state index is 0.959. The molecule has 0 atom stereocenters. The first-order valence-corrected chi connectivity index (χ1v) is 3.57. The van der Waals surface area contributed by atoms with E-state index in [1.54, 1.807) is 7.11 Å². The molecule has 0 bridgehead atoms. The van der Waals surface area contributed by atoms with Gasteiger partial charge in [-0.05, 0) is 0 Å². The number of benzene rings is 1. The Morgan fingerprint density at radius 1 is 1.22 bits per heavy atom. The second-order valence-electron chi connectivity index (χ2n) is 1.47. The number of rotatable bonds is 2. The van der Waals surface area contributed by atoms with Crippen LogP contribution >= 0.6 is 0 Å². The third kappa shape index (κ3) is 2.18. The molecule has 0 unspecified atom stereocenters. The normalized spacial score (nSPS) is 9.89. The third-order valence-corrected chi connectivity index (χ3v) is 1.67. The van der Waals surface area contributed by atoms with Gasteiger partial charge in [-0.2, -0.15) is 0 Å². The van der Waals surface area contributed by atoms with Gasteiger partial charge in [-0.15, -0.1) is 0 Å². The summed E-state index contributed by atoms with van der Waals surface area (Å²) in [6.07, 6.45) is 0. The molecule has 0 heterocycles. The fourth-order valence-electron chi connectivity index (χ4n) is 0.530. The summed E-state index contributed by atoms with van der Waals surface area (Å²) in [6.45, 7) is 0. The summed E-state index contributed by atoms with van der Waals surface area (Å²) in [7, 11) is 1.69. The molecular formula is C7H8CoO. The van der Waals surface area contributed by atoms with E-state index >= 15 is 0 Å². The fourth-order valence-corrected chi connectivity index (χ4v) is 1.12. The Labute approximate surface area is 61.3 Å². The van der Waals surface area contributed by atoms with Gasteiger partial charge in [-0.1, -0.05) is 0 Å². The van der Waals surface area contributed by atoms with E-state index in [2.05, 4.69) is 0 Å². The summed E-state index contributed by atoms with van der Waals surface area (Å²) in [6, 6.07) is 10.1. The van der Waals surface area contributed by atoms with E-state index in [1.807, 2.05) is 30.3 Å². The Bertz CT molecular complexity index is 162. The third-order valence-electron chi connectivity index (χ3n) is 0.865. The van der Waals surface area contributed by atoms with Crippen molar-refractivity contribution in [1.29, 1.82) is 0 Å². The zero-order chi connectivity index (χ0) is 6.53. The van der Waals surface area contributed by atoms with E-state index in [9.17, 15) is 0 Å². The topological polar surface area (TPSA) is 9.23 Å². The first-order valence-electron chi connectivity index (χ1n) is 2.62. The summed E-state index contributed by atoms with van der Waals surface area (Å²) in [5, 5.41) is 0. The van der Waals surface area contributed by atoms with Gasteiger partial charge in [0.15, 0.2) is 0 Å². The van der Waals surface area contributed by atoms with Crippen LogP contribution in [0.1, 0.15) is 0 Å². The van der Waals surface area contributed by atoms with Crippen LogP contribution in [-0.4, -0.2) is 7.11 Å². The molecule has 1 rings (SSSR count). The molecule has 9 heavy (non-hydrogen) atoms. The molecule has 2 heteroatoms. The van der Waals surface area contributed by atoms with E-state index in [0.29, 0.717) is 0 Å². The van der Waals surface area contributed by atoms with Crippen LogP contribution in [0.4, 0.5) is 0 Å². The maximum atomic E-state index is 4.90. The van der Waals surface area contributed by atoms with Gasteiger partial charge in [0.05, 0.1) is 0 Å². The molecule has 0 fully saturated rings. The fraction of sp³-hybridized carbons (Fsp3) is 0.143. The van der Waals surface area contributed by atoms with Crippen molar-refractivity contribution in [3.8, 4) is 0 Å². The molecule has 0 amide bonds. The second-order valence-corrected chi connectivity index (χ2v) is 2.71. The molecule has 1 aromatic rings. The Morgan fingerprint density at radius 2 is 1.89 bits per heavy atom. The summed E-state index contributed by atoms with van der Waals surface area (Å²) in [5.74, 6) is 0. The van der Waals surface area contributed by atoms with Crippen LogP contribution in [0.2, 0.25) is 0 Å². The van der Waals surface area contributed by atoms with Crippen molar-refractivity contribution >= 4 is 4.50 Å². The van der Waals surface area contributed by atoms with E-state index in [0.717, 1.165) is 15.0 Å². The maximum absolute atomic E-state index is 4.90. The minimum atomic E-state index is 0.959. The summed E-state index contributed by atoms with van der Waals surface area (Å²) >= 11 is 0.959. The van der Waals surface area contributed by atoms with Gasteiger partial charge < -0.3 is 0 Å². The van der Waals surface area contributed by atoms with Gasteiger partial charge in [0.25, 0.3) is 0 Å². The Balaban J connectivity index is 2.61. The first kappa shape index (κ1) is 6.80. The zero-order valence-electron chi connectivity index (χ0n) is 5.13. The monoisotopic (exact) mass is 167 g/mol. The van der Waals surface area contributed by atoms with Gasteiger partial charge in [0.1, 0.15) is 0 Å². The predicted molar refractivity (Wildman–Crippen MR) is 33.1 cm³/mol. The van der Waals surface area contributed by atoms with Gasteiger partial charge in [0.2, 0.25) is 0 Å². The van der Waals surface area contributed by atoms with Crippen molar-refractivity contribution in [3.05, 3.63) is 30.3 Å².